The lowest BCUT2D eigenvalue weighted by molar-refractivity contribution is -0.153. The van der Waals surface area contributed by atoms with Crippen LogP contribution in [0.25, 0.3) is 0 Å². The van der Waals surface area contributed by atoms with Crippen LogP contribution in [0.5, 0.6) is 0 Å². The lowest BCUT2D eigenvalue weighted by Gasteiger charge is -2.48. The zero-order chi connectivity index (χ0) is 12.5. The first kappa shape index (κ1) is 12.7. The van der Waals surface area contributed by atoms with Crippen LogP contribution < -0.4 is 0 Å². The SMILES string of the molecule is COC(=O)C(C)=CC1C(C(=O)O)CC1(C)C. The molecule has 2 unspecified atom stereocenters. The molecule has 4 heteroatoms. The molecule has 0 aromatic heterocycles. The summed E-state index contributed by atoms with van der Waals surface area (Å²) in [5, 5.41) is 9.00. The molecule has 1 N–H and O–H groups in total. The van der Waals surface area contributed by atoms with E-state index >= 15 is 0 Å². The van der Waals surface area contributed by atoms with Gasteiger partial charge >= 0.3 is 11.9 Å². The molecule has 0 aromatic carbocycles. The van der Waals surface area contributed by atoms with Crippen molar-refractivity contribution in [1.82, 2.24) is 0 Å². The van der Waals surface area contributed by atoms with Crippen LogP contribution in [0, 0.1) is 17.3 Å². The van der Waals surface area contributed by atoms with Crippen molar-refractivity contribution in [3.8, 4) is 0 Å². The minimum absolute atomic E-state index is 0.0572. The maximum atomic E-state index is 11.2. The average molecular weight is 226 g/mol. The zero-order valence-corrected chi connectivity index (χ0v) is 10.1. The highest BCUT2D eigenvalue weighted by molar-refractivity contribution is 5.87. The van der Waals surface area contributed by atoms with E-state index in [1.54, 1.807) is 13.0 Å². The number of hydrogen-bond donors (Lipinski definition) is 1. The Labute approximate surface area is 95.3 Å². The van der Waals surface area contributed by atoms with Gasteiger partial charge in [0.2, 0.25) is 0 Å². The summed E-state index contributed by atoms with van der Waals surface area (Å²) in [6.07, 6.45) is 2.38. The Balaban J connectivity index is 2.85. The average Bonchev–Trinajstić information content (AvgIpc) is 2.21. The highest BCUT2D eigenvalue weighted by Gasteiger charge is 2.49. The second-order valence-corrected chi connectivity index (χ2v) is 5.00. The number of esters is 1. The number of carboxylic acid groups (broad SMARTS) is 1. The van der Waals surface area contributed by atoms with Crippen molar-refractivity contribution in [2.24, 2.45) is 17.3 Å². The number of methoxy groups -OCH3 is 1. The molecule has 0 amide bonds. The molecule has 4 nitrogen and oxygen atoms in total. The molecular weight excluding hydrogens is 208 g/mol. The number of aliphatic carboxylic acids is 1. The number of carbonyl (C=O) groups is 2. The highest BCUT2D eigenvalue weighted by atomic mass is 16.5. The molecular formula is C12H18O4. The number of ether oxygens (including phenoxy) is 1. The third kappa shape index (κ3) is 2.26. The van der Waals surface area contributed by atoms with E-state index in [9.17, 15) is 9.59 Å². The van der Waals surface area contributed by atoms with E-state index in [0.29, 0.717) is 12.0 Å². The fourth-order valence-electron chi connectivity index (χ4n) is 2.30. The van der Waals surface area contributed by atoms with Gasteiger partial charge in [-0.05, 0) is 24.7 Å². The van der Waals surface area contributed by atoms with Crippen LogP contribution in [0.1, 0.15) is 27.2 Å². The van der Waals surface area contributed by atoms with Crippen molar-refractivity contribution in [2.45, 2.75) is 27.2 Å². The second-order valence-electron chi connectivity index (χ2n) is 5.00. The summed E-state index contributed by atoms with van der Waals surface area (Å²) in [6.45, 7) is 5.68. The van der Waals surface area contributed by atoms with E-state index in [-0.39, 0.29) is 17.3 Å². The molecule has 90 valence electrons. The fraction of sp³-hybridized carbons (Fsp3) is 0.667. The van der Waals surface area contributed by atoms with E-state index < -0.39 is 11.9 Å². The second kappa shape index (κ2) is 4.28. The molecule has 1 aliphatic carbocycles. The van der Waals surface area contributed by atoms with Crippen LogP contribution in [-0.4, -0.2) is 24.2 Å². The van der Waals surface area contributed by atoms with Crippen LogP contribution in [0.15, 0.2) is 11.6 Å². The Morgan fingerprint density at radius 2 is 2.00 bits per heavy atom. The molecule has 0 saturated heterocycles. The molecule has 0 aliphatic heterocycles. The molecule has 1 rings (SSSR count). The smallest absolute Gasteiger partial charge is 0.333 e. The van der Waals surface area contributed by atoms with Gasteiger partial charge in [-0.15, -0.1) is 0 Å². The van der Waals surface area contributed by atoms with Gasteiger partial charge in [0.1, 0.15) is 0 Å². The first-order chi connectivity index (χ1) is 7.29. The molecule has 0 bridgehead atoms. The summed E-state index contributed by atoms with van der Waals surface area (Å²) in [4.78, 5) is 22.2. The molecule has 2 atom stereocenters. The van der Waals surface area contributed by atoms with Gasteiger partial charge in [0.25, 0.3) is 0 Å². The lowest BCUT2D eigenvalue weighted by atomic mass is 9.55. The van der Waals surface area contributed by atoms with Crippen molar-refractivity contribution >= 4 is 11.9 Å². The van der Waals surface area contributed by atoms with Crippen LogP contribution in [0.2, 0.25) is 0 Å². The summed E-state index contributed by atoms with van der Waals surface area (Å²) < 4.78 is 4.59. The third-order valence-electron chi connectivity index (χ3n) is 3.34. The molecule has 1 fully saturated rings. The lowest BCUT2D eigenvalue weighted by Crippen LogP contribution is -2.46. The maximum absolute atomic E-state index is 11.2. The Kier molecular flexibility index (Phi) is 3.41. The van der Waals surface area contributed by atoms with Crippen LogP contribution in [0.3, 0.4) is 0 Å². The number of allylic oxidation sites excluding steroid dienone is 1. The minimum atomic E-state index is -0.793. The maximum Gasteiger partial charge on any atom is 0.333 e. The first-order valence-corrected chi connectivity index (χ1v) is 5.29. The molecule has 0 aromatic rings. The van der Waals surface area contributed by atoms with Crippen LogP contribution >= 0.6 is 0 Å². The monoisotopic (exact) mass is 226 g/mol. The van der Waals surface area contributed by atoms with E-state index in [1.807, 2.05) is 13.8 Å². The Hall–Kier alpha value is -1.32. The summed E-state index contributed by atoms with van der Waals surface area (Å²) in [5.74, 6) is -1.66. The standard InChI is InChI=1S/C12H18O4/c1-7(11(15)16-4)5-9-8(10(13)14)6-12(9,2)3/h5,8-9H,6H2,1-4H3,(H,13,14). The molecule has 0 radical (unpaired) electrons. The number of carbonyl (C=O) groups excluding carboxylic acids is 1. The summed E-state index contributed by atoms with van der Waals surface area (Å²) >= 11 is 0. The third-order valence-corrected chi connectivity index (χ3v) is 3.34. The van der Waals surface area contributed by atoms with E-state index in [2.05, 4.69) is 4.74 Å². The van der Waals surface area contributed by atoms with Gasteiger partial charge in [-0.3, -0.25) is 4.79 Å². The molecule has 0 spiro atoms. The summed E-state index contributed by atoms with van der Waals surface area (Å²) in [6, 6.07) is 0. The largest absolute Gasteiger partial charge is 0.481 e. The van der Waals surface area contributed by atoms with E-state index in [1.165, 1.54) is 7.11 Å². The Morgan fingerprint density at radius 1 is 1.44 bits per heavy atom. The normalized spacial score (nSPS) is 28.1. The topological polar surface area (TPSA) is 63.6 Å². The molecule has 1 aliphatic rings. The van der Waals surface area contributed by atoms with Crippen molar-refractivity contribution in [2.75, 3.05) is 7.11 Å². The zero-order valence-electron chi connectivity index (χ0n) is 10.1. The first-order valence-electron chi connectivity index (χ1n) is 5.29. The van der Waals surface area contributed by atoms with E-state index in [0.717, 1.165) is 0 Å². The van der Waals surface area contributed by atoms with Gasteiger partial charge in [0.05, 0.1) is 13.0 Å². The van der Waals surface area contributed by atoms with Gasteiger partial charge in [0, 0.05) is 5.57 Å². The van der Waals surface area contributed by atoms with Gasteiger partial charge in [-0.2, -0.15) is 0 Å². The highest BCUT2D eigenvalue weighted by Crippen LogP contribution is 2.51. The van der Waals surface area contributed by atoms with Gasteiger partial charge in [0.15, 0.2) is 0 Å². The number of carboxylic acids is 1. The Bertz CT molecular complexity index is 341. The van der Waals surface area contributed by atoms with Crippen molar-refractivity contribution in [3.63, 3.8) is 0 Å². The predicted octanol–water partition coefficient (Wildman–Crippen LogP) is 1.85. The molecule has 16 heavy (non-hydrogen) atoms. The molecule has 0 heterocycles. The van der Waals surface area contributed by atoms with Crippen LogP contribution in [0.4, 0.5) is 0 Å². The van der Waals surface area contributed by atoms with Crippen molar-refractivity contribution < 1.29 is 19.4 Å². The summed E-state index contributed by atoms with van der Waals surface area (Å²) in [7, 11) is 1.32. The predicted molar refractivity (Wildman–Crippen MR) is 58.8 cm³/mol. The Morgan fingerprint density at radius 3 is 2.38 bits per heavy atom. The minimum Gasteiger partial charge on any atom is -0.481 e. The van der Waals surface area contributed by atoms with E-state index in [4.69, 9.17) is 5.11 Å². The number of hydrogen-bond acceptors (Lipinski definition) is 3. The van der Waals surface area contributed by atoms with Crippen molar-refractivity contribution in [3.05, 3.63) is 11.6 Å². The van der Waals surface area contributed by atoms with Crippen molar-refractivity contribution in [1.29, 1.82) is 0 Å². The van der Waals surface area contributed by atoms with Gasteiger partial charge in [-0.1, -0.05) is 19.9 Å². The van der Waals surface area contributed by atoms with Gasteiger partial charge < -0.3 is 9.84 Å². The fourth-order valence-corrected chi connectivity index (χ4v) is 2.30. The number of rotatable bonds is 3. The van der Waals surface area contributed by atoms with Crippen LogP contribution in [-0.2, 0) is 14.3 Å². The summed E-state index contributed by atoms with van der Waals surface area (Å²) in [5.41, 5.74) is 0.421. The van der Waals surface area contributed by atoms with Gasteiger partial charge in [-0.25, -0.2) is 4.79 Å². The molecule has 1 saturated carbocycles. The quantitative estimate of drug-likeness (QED) is 0.589.